The molecule has 1 aliphatic rings. The summed E-state index contributed by atoms with van der Waals surface area (Å²) < 4.78 is 9.40. The molecule has 0 aromatic carbocycles. The number of hydrogen-bond acceptors (Lipinski definition) is 6. The van der Waals surface area contributed by atoms with E-state index in [-0.39, 0.29) is 6.10 Å². The molecule has 0 spiro atoms. The first-order chi connectivity index (χ1) is 8.13. The van der Waals surface area contributed by atoms with Crippen LogP contribution in [-0.2, 0) is 0 Å². The van der Waals surface area contributed by atoms with Gasteiger partial charge in [-0.15, -0.1) is 0 Å². The van der Waals surface area contributed by atoms with Crippen LogP contribution in [0.4, 0.5) is 10.8 Å². The Morgan fingerprint density at radius 1 is 1.53 bits per heavy atom. The topological polar surface area (TPSA) is 71.6 Å². The van der Waals surface area contributed by atoms with E-state index in [2.05, 4.69) is 9.27 Å². The molecule has 1 unspecified atom stereocenters. The van der Waals surface area contributed by atoms with Crippen LogP contribution in [0, 0.1) is 5.92 Å². The normalized spacial score (nSPS) is 19.4. The van der Waals surface area contributed by atoms with Crippen LogP contribution in [0.2, 0.25) is 0 Å². The lowest BCUT2D eigenvalue weighted by molar-refractivity contribution is 0.110. The Morgan fingerprint density at radius 2 is 2.18 bits per heavy atom. The third-order valence-corrected chi connectivity index (χ3v) is 4.28. The number of aliphatic hydroxyl groups is 1. The zero-order chi connectivity index (χ0) is 12.4. The number of nitrogens with zero attached hydrogens (tertiary/aromatic N) is 2. The van der Waals surface area contributed by atoms with Crippen molar-refractivity contribution in [1.29, 1.82) is 0 Å². The summed E-state index contributed by atoms with van der Waals surface area (Å²) in [6, 6.07) is 0. The van der Waals surface area contributed by atoms with Crippen molar-refractivity contribution in [2.75, 3.05) is 30.8 Å². The molecule has 2 heterocycles. The van der Waals surface area contributed by atoms with Crippen LogP contribution in [0.25, 0.3) is 0 Å². The van der Waals surface area contributed by atoms with Gasteiger partial charge in [-0.1, -0.05) is 0 Å². The second-order valence-corrected chi connectivity index (χ2v) is 5.22. The van der Waals surface area contributed by atoms with E-state index in [1.807, 2.05) is 6.92 Å². The fourth-order valence-corrected chi connectivity index (χ4v) is 3.10. The van der Waals surface area contributed by atoms with Gasteiger partial charge in [0.1, 0.15) is 0 Å². The predicted molar refractivity (Wildman–Crippen MR) is 69.7 cm³/mol. The van der Waals surface area contributed by atoms with Gasteiger partial charge in [0, 0.05) is 13.1 Å². The maximum absolute atomic E-state index is 9.57. The van der Waals surface area contributed by atoms with E-state index < -0.39 is 0 Å². The molecule has 96 valence electrons. The number of anilines is 2. The zero-order valence-corrected chi connectivity index (χ0v) is 11.0. The van der Waals surface area contributed by atoms with Crippen LogP contribution in [0.15, 0.2) is 0 Å². The highest BCUT2D eigenvalue weighted by Crippen LogP contribution is 2.39. The number of aliphatic hydroxyl groups excluding tert-OH is 1. The zero-order valence-electron chi connectivity index (χ0n) is 10.2. The Morgan fingerprint density at radius 3 is 2.71 bits per heavy atom. The average molecular weight is 257 g/mol. The molecule has 1 saturated heterocycles. The van der Waals surface area contributed by atoms with Crippen LogP contribution in [0.1, 0.15) is 19.8 Å². The Bertz CT molecular complexity index is 373. The molecule has 17 heavy (non-hydrogen) atoms. The maximum atomic E-state index is 9.57. The molecule has 3 N–H and O–H groups in total. The minimum absolute atomic E-state index is 0.217. The molecule has 0 radical (unpaired) electrons. The van der Waals surface area contributed by atoms with Gasteiger partial charge in [-0.2, -0.15) is 4.37 Å². The SMILES string of the molecule is COc1c(N)nsc1N1CCC(C(C)O)CC1. The highest BCUT2D eigenvalue weighted by molar-refractivity contribution is 7.11. The van der Waals surface area contributed by atoms with Gasteiger partial charge in [-0.25, -0.2) is 0 Å². The van der Waals surface area contributed by atoms with E-state index in [1.54, 1.807) is 7.11 Å². The molecule has 1 atom stereocenters. The quantitative estimate of drug-likeness (QED) is 0.854. The van der Waals surface area contributed by atoms with Gasteiger partial charge in [-0.05, 0) is 37.2 Å². The number of nitrogen functional groups attached to an aromatic ring is 1. The highest BCUT2D eigenvalue weighted by atomic mass is 32.1. The molecule has 6 heteroatoms. The number of hydrogen-bond donors (Lipinski definition) is 2. The Hall–Kier alpha value is -1.01. The summed E-state index contributed by atoms with van der Waals surface area (Å²) >= 11 is 1.38. The van der Waals surface area contributed by atoms with E-state index in [4.69, 9.17) is 10.5 Å². The van der Waals surface area contributed by atoms with Crippen LogP contribution < -0.4 is 15.4 Å². The Kier molecular flexibility index (Phi) is 3.73. The lowest BCUT2D eigenvalue weighted by Gasteiger charge is -2.33. The van der Waals surface area contributed by atoms with Gasteiger partial charge in [0.25, 0.3) is 0 Å². The van der Waals surface area contributed by atoms with E-state index >= 15 is 0 Å². The third kappa shape index (κ3) is 2.47. The molecule has 0 aliphatic carbocycles. The minimum Gasteiger partial charge on any atom is -0.490 e. The molecule has 2 rings (SSSR count). The lowest BCUT2D eigenvalue weighted by atomic mass is 9.92. The number of methoxy groups -OCH3 is 1. The fraction of sp³-hybridized carbons (Fsp3) is 0.727. The van der Waals surface area contributed by atoms with E-state index in [0.717, 1.165) is 30.9 Å². The van der Waals surface area contributed by atoms with E-state index in [1.165, 1.54) is 11.5 Å². The molecule has 0 bridgehead atoms. The fourth-order valence-electron chi connectivity index (χ4n) is 2.26. The predicted octanol–water partition coefficient (Wildman–Crippen LogP) is 1.33. The molecule has 0 saturated carbocycles. The number of rotatable bonds is 3. The first-order valence-corrected chi connectivity index (χ1v) is 6.63. The molecule has 1 aliphatic heterocycles. The van der Waals surface area contributed by atoms with Crippen molar-refractivity contribution in [3.63, 3.8) is 0 Å². The summed E-state index contributed by atoms with van der Waals surface area (Å²) in [7, 11) is 1.62. The van der Waals surface area contributed by atoms with Gasteiger partial charge >= 0.3 is 0 Å². The van der Waals surface area contributed by atoms with Gasteiger partial charge in [0.2, 0.25) is 0 Å². The van der Waals surface area contributed by atoms with Gasteiger partial charge in [-0.3, -0.25) is 0 Å². The maximum Gasteiger partial charge on any atom is 0.197 e. The molecular formula is C11H19N3O2S. The van der Waals surface area contributed by atoms with Crippen molar-refractivity contribution in [3.8, 4) is 5.75 Å². The summed E-state index contributed by atoms with van der Waals surface area (Å²) in [5.41, 5.74) is 5.74. The standard InChI is InChI=1S/C11H19N3O2S/c1-7(15)8-3-5-14(6-4-8)11-9(16-2)10(12)13-17-11/h7-8,15H,3-6H2,1-2H3,(H2,12,13). The van der Waals surface area contributed by atoms with Crippen molar-refractivity contribution < 1.29 is 9.84 Å². The van der Waals surface area contributed by atoms with Crippen LogP contribution in [0.3, 0.4) is 0 Å². The van der Waals surface area contributed by atoms with Crippen molar-refractivity contribution in [3.05, 3.63) is 0 Å². The second kappa shape index (κ2) is 5.10. The summed E-state index contributed by atoms with van der Waals surface area (Å²) in [6.07, 6.45) is 1.78. The van der Waals surface area contributed by atoms with Crippen molar-refractivity contribution in [2.45, 2.75) is 25.9 Å². The summed E-state index contributed by atoms with van der Waals surface area (Å²) in [6.45, 7) is 3.71. The van der Waals surface area contributed by atoms with Crippen LogP contribution in [0.5, 0.6) is 5.75 Å². The summed E-state index contributed by atoms with van der Waals surface area (Å²) in [5, 5.41) is 10.6. The Labute approximate surface area is 105 Å². The number of aromatic nitrogens is 1. The van der Waals surface area contributed by atoms with Crippen molar-refractivity contribution in [2.24, 2.45) is 5.92 Å². The number of piperidine rings is 1. The van der Waals surface area contributed by atoms with Crippen molar-refractivity contribution in [1.82, 2.24) is 4.37 Å². The third-order valence-electron chi connectivity index (χ3n) is 3.37. The molecule has 1 aromatic rings. The van der Waals surface area contributed by atoms with Gasteiger partial charge in [0.05, 0.1) is 13.2 Å². The van der Waals surface area contributed by atoms with Crippen LogP contribution >= 0.6 is 11.5 Å². The number of nitrogens with two attached hydrogens (primary N) is 1. The van der Waals surface area contributed by atoms with Gasteiger partial charge in [0.15, 0.2) is 16.6 Å². The molecule has 5 nitrogen and oxygen atoms in total. The minimum atomic E-state index is -0.217. The number of ether oxygens (including phenoxy) is 1. The molecule has 1 aromatic heterocycles. The largest absolute Gasteiger partial charge is 0.490 e. The second-order valence-electron chi connectivity index (χ2n) is 4.47. The van der Waals surface area contributed by atoms with Gasteiger partial charge < -0.3 is 20.5 Å². The average Bonchev–Trinajstić information content (AvgIpc) is 2.70. The lowest BCUT2D eigenvalue weighted by Crippen LogP contribution is -2.36. The summed E-state index contributed by atoms with van der Waals surface area (Å²) in [4.78, 5) is 2.24. The van der Waals surface area contributed by atoms with E-state index in [0.29, 0.717) is 17.5 Å². The smallest absolute Gasteiger partial charge is 0.197 e. The van der Waals surface area contributed by atoms with E-state index in [9.17, 15) is 5.11 Å². The molecule has 0 amide bonds. The molecule has 1 fully saturated rings. The first kappa shape index (κ1) is 12.4. The summed E-state index contributed by atoms with van der Waals surface area (Å²) in [5.74, 6) is 1.55. The van der Waals surface area contributed by atoms with Crippen molar-refractivity contribution >= 4 is 22.4 Å². The molecular weight excluding hydrogens is 238 g/mol. The highest BCUT2D eigenvalue weighted by Gasteiger charge is 2.26. The Balaban J connectivity index is 2.05. The van der Waals surface area contributed by atoms with Crippen LogP contribution in [-0.4, -0.2) is 35.8 Å². The monoisotopic (exact) mass is 257 g/mol. The first-order valence-electron chi connectivity index (χ1n) is 5.85.